The Morgan fingerprint density at radius 2 is 2.00 bits per heavy atom. The van der Waals surface area contributed by atoms with Crippen molar-refractivity contribution in [2.24, 2.45) is 0 Å². The van der Waals surface area contributed by atoms with Crippen LogP contribution in [-0.4, -0.2) is 48.3 Å². The Bertz CT molecular complexity index is 1330. The molecule has 0 bridgehead atoms. The molecular formula is C21H21ClN6O3. The van der Waals surface area contributed by atoms with Crippen LogP contribution in [0.4, 0.5) is 0 Å². The van der Waals surface area contributed by atoms with Crippen molar-refractivity contribution in [1.82, 2.24) is 28.9 Å². The molecule has 2 unspecified atom stereocenters. The lowest BCUT2D eigenvalue weighted by Crippen LogP contribution is -2.29. The first-order valence-corrected chi connectivity index (χ1v) is 10.9. The number of hydrogen-bond donors (Lipinski definition) is 0. The molecule has 0 saturated carbocycles. The number of hydrogen-bond acceptors (Lipinski definition) is 6. The van der Waals surface area contributed by atoms with Gasteiger partial charge in [0.15, 0.2) is 11.3 Å². The minimum absolute atomic E-state index is 0.0141. The zero-order chi connectivity index (χ0) is 20.9. The van der Waals surface area contributed by atoms with E-state index in [1.54, 1.807) is 32.2 Å². The highest BCUT2D eigenvalue weighted by molar-refractivity contribution is 6.35. The maximum Gasteiger partial charge on any atom is 0.279 e. The summed E-state index contributed by atoms with van der Waals surface area (Å²) in [6, 6.07) is 5.61. The van der Waals surface area contributed by atoms with Gasteiger partial charge in [0, 0.05) is 13.2 Å². The van der Waals surface area contributed by atoms with Crippen LogP contribution in [0.5, 0.6) is 0 Å². The Labute approximate surface area is 182 Å². The highest BCUT2D eigenvalue weighted by Crippen LogP contribution is 2.30. The molecule has 10 heteroatoms. The van der Waals surface area contributed by atoms with E-state index in [-0.39, 0.29) is 17.8 Å². The van der Waals surface area contributed by atoms with Crippen molar-refractivity contribution in [2.45, 2.75) is 44.4 Å². The number of nitrogens with zero attached hydrogens (tertiary/aromatic N) is 6. The van der Waals surface area contributed by atoms with Crippen molar-refractivity contribution in [3.05, 3.63) is 51.8 Å². The average Bonchev–Trinajstić information content (AvgIpc) is 3.56. The maximum absolute atomic E-state index is 13.8. The molecule has 2 aliphatic rings. The third-order valence-corrected chi connectivity index (χ3v) is 6.44. The third-order valence-electron chi connectivity index (χ3n) is 6.14. The zero-order valence-electron chi connectivity index (χ0n) is 16.8. The summed E-state index contributed by atoms with van der Waals surface area (Å²) in [4.78, 5) is 18.4. The van der Waals surface area contributed by atoms with E-state index >= 15 is 0 Å². The molecule has 1 aromatic carbocycles. The Morgan fingerprint density at radius 3 is 2.81 bits per heavy atom. The topological polar surface area (TPSA) is 88.5 Å². The number of aromatic nitrogens is 6. The lowest BCUT2D eigenvalue weighted by atomic mass is 10.2. The van der Waals surface area contributed by atoms with E-state index in [9.17, 15) is 4.79 Å². The maximum atomic E-state index is 13.8. The number of ether oxygens (including phenoxy) is 2. The van der Waals surface area contributed by atoms with Crippen LogP contribution in [-0.2, 0) is 16.0 Å². The Hall–Kier alpha value is -2.75. The zero-order valence-corrected chi connectivity index (χ0v) is 17.5. The molecule has 2 fully saturated rings. The van der Waals surface area contributed by atoms with E-state index in [1.165, 1.54) is 0 Å². The molecule has 31 heavy (non-hydrogen) atoms. The molecule has 160 valence electrons. The van der Waals surface area contributed by atoms with E-state index in [0.29, 0.717) is 35.0 Å². The molecule has 9 nitrogen and oxygen atoms in total. The first-order chi connectivity index (χ1) is 15.2. The van der Waals surface area contributed by atoms with Crippen molar-refractivity contribution < 1.29 is 9.47 Å². The second-order valence-electron chi connectivity index (χ2n) is 8.02. The van der Waals surface area contributed by atoms with E-state index in [1.807, 2.05) is 12.1 Å². The largest absolute Gasteiger partial charge is 0.376 e. The molecular weight excluding hydrogens is 420 g/mol. The van der Waals surface area contributed by atoms with E-state index in [4.69, 9.17) is 21.1 Å². The minimum Gasteiger partial charge on any atom is -0.376 e. The summed E-state index contributed by atoms with van der Waals surface area (Å²) >= 11 is 6.56. The van der Waals surface area contributed by atoms with Gasteiger partial charge in [-0.25, -0.2) is 4.98 Å². The Morgan fingerprint density at radius 1 is 1.13 bits per heavy atom. The molecule has 0 aliphatic carbocycles. The number of halogens is 1. The van der Waals surface area contributed by atoms with Crippen LogP contribution in [0.25, 0.3) is 22.4 Å². The van der Waals surface area contributed by atoms with Crippen LogP contribution >= 0.6 is 11.6 Å². The molecule has 0 N–H and O–H groups in total. The quantitative estimate of drug-likeness (QED) is 0.485. The van der Waals surface area contributed by atoms with Crippen molar-refractivity contribution in [2.75, 3.05) is 13.2 Å². The van der Waals surface area contributed by atoms with E-state index < -0.39 is 0 Å². The van der Waals surface area contributed by atoms with Gasteiger partial charge < -0.3 is 14.0 Å². The van der Waals surface area contributed by atoms with Crippen LogP contribution in [0.2, 0.25) is 5.02 Å². The number of para-hydroxylation sites is 1. The van der Waals surface area contributed by atoms with Gasteiger partial charge in [0.25, 0.3) is 5.56 Å². The first kappa shape index (κ1) is 19.0. The lowest BCUT2D eigenvalue weighted by molar-refractivity contribution is 0.0973. The minimum atomic E-state index is -0.183. The predicted octanol–water partition coefficient (Wildman–Crippen LogP) is 2.91. The molecule has 2 atom stereocenters. The van der Waals surface area contributed by atoms with Crippen LogP contribution < -0.4 is 5.56 Å². The Balaban J connectivity index is 1.61. The summed E-state index contributed by atoms with van der Waals surface area (Å²) in [6.45, 7) is 1.86. The van der Waals surface area contributed by atoms with E-state index in [2.05, 4.69) is 15.3 Å². The molecule has 6 rings (SSSR count). The van der Waals surface area contributed by atoms with Gasteiger partial charge in [0.1, 0.15) is 12.4 Å². The van der Waals surface area contributed by atoms with Gasteiger partial charge in [-0.1, -0.05) is 22.9 Å². The van der Waals surface area contributed by atoms with Crippen molar-refractivity contribution in [3.63, 3.8) is 0 Å². The summed E-state index contributed by atoms with van der Waals surface area (Å²) in [7, 11) is 0. The SMILES string of the molecule is O=c1c2c(-n3nncc3C3CCCO3)ncn2c2cccc(Cl)c2n1CC1CCCO1. The first-order valence-electron chi connectivity index (χ1n) is 10.5. The second-order valence-corrected chi connectivity index (χ2v) is 8.42. The van der Waals surface area contributed by atoms with Gasteiger partial charge in [-0.3, -0.25) is 9.20 Å². The third kappa shape index (κ3) is 2.99. The fraction of sp³-hybridized carbons (Fsp3) is 0.429. The van der Waals surface area contributed by atoms with Crippen molar-refractivity contribution in [3.8, 4) is 5.82 Å². The summed E-state index contributed by atoms with van der Waals surface area (Å²) < 4.78 is 16.8. The van der Waals surface area contributed by atoms with Gasteiger partial charge in [0.2, 0.25) is 0 Å². The van der Waals surface area contributed by atoms with Crippen molar-refractivity contribution >= 4 is 28.2 Å². The standard InChI is InChI=1S/C21H21ClN6O3/c22-14-5-1-6-15-18(14)26(11-13-4-2-8-30-13)21(29)19-20(23-12-27(15)19)28-16(10-24-25-28)17-7-3-9-31-17/h1,5-6,10,12-13,17H,2-4,7-9,11H2. The van der Waals surface area contributed by atoms with E-state index in [0.717, 1.165) is 43.5 Å². The number of fused-ring (bicyclic) bond motifs is 3. The molecule has 5 heterocycles. The highest BCUT2D eigenvalue weighted by Gasteiger charge is 2.27. The van der Waals surface area contributed by atoms with Crippen LogP contribution in [0.3, 0.4) is 0 Å². The smallest absolute Gasteiger partial charge is 0.279 e. The second kappa shape index (κ2) is 7.44. The molecule has 4 aromatic rings. The van der Waals surface area contributed by atoms with Crippen LogP contribution in [0.15, 0.2) is 35.5 Å². The molecule has 0 radical (unpaired) electrons. The number of benzene rings is 1. The summed E-state index contributed by atoms with van der Waals surface area (Å²) in [6.07, 6.45) is 7.00. The summed E-state index contributed by atoms with van der Waals surface area (Å²) in [5.74, 6) is 0.441. The van der Waals surface area contributed by atoms with Gasteiger partial charge in [-0.15, -0.1) is 5.10 Å². The molecule has 0 amide bonds. The fourth-order valence-electron chi connectivity index (χ4n) is 4.67. The molecule has 2 saturated heterocycles. The molecule has 2 aliphatic heterocycles. The monoisotopic (exact) mass is 440 g/mol. The predicted molar refractivity (Wildman–Crippen MR) is 114 cm³/mol. The number of imidazole rings is 1. The van der Waals surface area contributed by atoms with Gasteiger partial charge >= 0.3 is 0 Å². The summed E-state index contributed by atoms with van der Waals surface area (Å²) in [5, 5.41) is 8.83. The van der Waals surface area contributed by atoms with Crippen LogP contribution in [0, 0.1) is 0 Å². The summed E-state index contributed by atoms with van der Waals surface area (Å²) in [5.41, 5.74) is 2.53. The molecule has 3 aromatic heterocycles. The van der Waals surface area contributed by atoms with Gasteiger partial charge in [0.05, 0.1) is 40.6 Å². The lowest BCUT2D eigenvalue weighted by Gasteiger charge is -2.17. The van der Waals surface area contributed by atoms with Gasteiger partial charge in [-0.05, 0) is 37.8 Å². The molecule has 0 spiro atoms. The van der Waals surface area contributed by atoms with Crippen LogP contribution in [0.1, 0.15) is 37.5 Å². The normalized spacial score (nSPS) is 21.6. The highest BCUT2D eigenvalue weighted by atomic mass is 35.5. The van der Waals surface area contributed by atoms with Gasteiger partial charge in [-0.2, -0.15) is 4.68 Å². The number of rotatable bonds is 4. The average molecular weight is 441 g/mol. The fourth-order valence-corrected chi connectivity index (χ4v) is 4.95. The van der Waals surface area contributed by atoms with Crippen molar-refractivity contribution in [1.29, 1.82) is 0 Å². The Kier molecular flexibility index (Phi) is 4.55.